The van der Waals surface area contributed by atoms with Crippen LogP contribution < -0.4 is 14.8 Å². The Morgan fingerprint density at radius 1 is 1.33 bits per heavy atom. The second kappa shape index (κ2) is 6.94. The summed E-state index contributed by atoms with van der Waals surface area (Å²) in [6, 6.07) is 3.75. The normalized spacial score (nSPS) is 14.3. The summed E-state index contributed by atoms with van der Waals surface area (Å²) < 4.78 is 15.6. The number of carbonyl (C=O) groups is 2. The third-order valence-corrected chi connectivity index (χ3v) is 3.02. The van der Waals surface area contributed by atoms with Gasteiger partial charge < -0.3 is 24.6 Å². The third kappa shape index (κ3) is 3.85. The first-order chi connectivity index (χ1) is 10.1. The number of rotatable bonds is 6. The summed E-state index contributed by atoms with van der Waals surface area (Å²) in [4.78, 5) is 23.2. The molecule has 0 unspecified atom stereocenters. The fourth-order valence-corrected chi connectivity index (χ4v) is 1.92. The van der Waals surface area contributed by atoms with Crippen LogP contribution in [0.1, 0.15) is 16.8 Å². The highest BCUT2D eigenvalue weighted by Gasteiger charge is 2.21. The zero-order chi connectivity index (χ0) is 15.2. The Morgan fingerprint density at radius 2 is 2.05 bits per heavy atom. The summed E-state index contributed by atoms with van der Waals surface area (Å²) in [5.41, 5.74) is 0.322. The monoisotopic (exact) mass is 295 g/mol. The Bertz CT molecular complexity index is 530. The van der Waals surface area contributed by atoms with Crippen LogP contribution >= 0.6 is 0 Å². The molecule has 0 bridgehead atoms. The zero-order valence-electron chi connectivity index (χ0n) is 11.6. The number of aliphatic carboxylic acids is 1. The molecule has 21 heavy (non-hydrogen) atoms. The first kappa shape index (κ1) is 15.1. The first-order valence-electron chi connectivity index (χ1n) is 6.54. The molecule has 0 aromatic heterocycles. The minimum atomic E-state index is -1.10. The smallest absolute Gasteiger partial charge is 0.326 e. The lowest BCUT2D eigenvalue weighted by molar-refractivity contribution is -0.139. The molecule has 1 aliphatic rings. The number of nitrogens with one attached hydrogen (secondary N) is 1. The summed E-state index contributed by atoms with van der Waals surface area (Å²) in [5, 5.41) is 11.5. The second-order valence-corrected chi connectivity index (χ2v) is 4.50. The van der Waals surface area contributed by atoms with Gasteiger partial charge in [-0.05, 0) is 18.2 Å². The highest BCUT2D eigenvalue weighted by atomic mass is 16.6. The highest BCUT2D eigenvalue weighted by molar-refractivity contribution is 5.97. The van der Waals surface area contributed by atoms with Gasteiger partial charge in [0.2, 0.25) is 0 Å². The number of carboxylic acids is 1. The lowest BCUT2D eigenvalue weighted by Gasteiger charge is -2.19. The Balaban J connectivity index is 2.06. The minimum absolute atomic E-state index is 0.197. The van der Waals surface area contributed by atoms with E-state index in [9.17, 15) is 9.59 Å². The van der Waals surface area contributed by atoms with Gasteiger partial charge in [-0.2, -0.15) is 0 Å². The molecule has 7 heteroatoms. The van der Waals surface area contributed by atoms with Crippen LogP contribution in [-0.2, 0) is 9.53 Å². The van der Waals surface area contributed by atoms with E-state index in [0.717, 1.165) is 0 Å². The Morgan fingerprint density at radius 3 is 2.71 bits per heavy atom. The molecule has 1 atom stereocenters. The fraction of sp³-hybridized carbons (Fsp3) is 0.429. The number of amides is 1. The Hall–Kier alpha value is -2.28. The van der Waals surface area contributed by atoms with Crippen molar-refractivity contribution < 1.29 is 28.9 Å². The molecule has 0 spiro atoms. The molecule has 7 nitrogen and oxygen atoms in total. The molecule has 0 saturated heterocycles. The lowest BCUT2D eigenvalue weighted by atomic mass is 10.1. The van der Waals surface area contributed by atoms with E-state index in [0.29, 0.717) is 30.3 Å². The molecule has 2 rings (SSSR count). The molecule has 1 aromatic rings. The SMILES string of the molecule is COCC[C@H](NC(=O)c1ccc2c(c1)OCCO2)C(=O)O. The van der Waals surface area contributed by atoms with Crippen LogP contribution in [-0.4, -0.2) is 50.0 Å². The van der Waals surface area contributed by atoms with E-state index in [1.165, 1.54) is 7.11 Å². The van der Waals surface area contributed by atoms with Gasteiger partial charge in [0.25, 0.3) is 5.91 Å². The first-order valence-corrected chi connectivity index (χ1v) is 6.54. The molecule has 0 radical (unpaired) electrons. The van der Waals surface area contributed by atoms with Crippen molar-refractivity contribution in [3.05, 3.63) is 23.8 Å². The molecule has 1 aromatic carbocycles. The topological polar surface area (TPSA) is 94.1 Å². The molecule has 0 aliphatic carbocycles. The number of hydrogen-bond acceptors (Lipinski definition) is 5. The molecule has 0 fully saturated rings. The van der Waals surface area contributed by atoms with Crippen LogP contribution in [0.5, 0.6) is 11.5 Å². The number of carbonyl (C=O) groups excluding carboxylic acids is 1. The number of ether oxygens (including phenoxy) is 3. The largest absolute Gasteiger partial charge is 0.486 e. The molecular formula is C14H17NO6. The van der Waals surface area contributed by atoms with E-state index in [1.807, 2.05) is 0 Å². The van der Waals surface area contributed by atoms with Crippen molar-refractivity contribution in [1.82, 2.24) is 5.32 Å². The lowest BCUT2D eigenvalue weighted by Crippen LogP contribution is -2.41. The van der Waals surface area contributed by atoms with E-state index in [2.05, 4.69) is 5.32 Å². The molecule has 0 saturated carbocycles. The predicted molar refractivity (Wildman–Crippen MR) is 72.8 cm³/mol. The second-order valence-electron chi connectivity index (χ2n) is 4.50. The molecular weight excluding hydrogens is 278 g/mol. The van der Waals surface area contributed by atoms with Gasteiger partial charge in [-0.25, -0.2) is 4.79 Å². The van der Waals surface area contributed by atoms with Crippen molar-refractivity contribution in [2.45, 2.75) is 12.5 Å². The van der Waals surface area contributed by atoms with E-state index in [4.69, 9.17) is 19.3 Å². The number of methoxy groups -OCH3 is 1. The summed E-state index contributed by atoms with van der Waals surface area (Å²) in [7, 11) is 1.47. The van der Waals surface area contributed by atoms with E-state index >= 15 is 0 Å². The van der Waals surface area contributed by atoms with Crippen LogP contribution in [0.25, 0.3) is 0 Å². The van der Waals surface area contributed by atoms with E-state index in [-0.39, 0.29) is 13.0 Å². The maximum Gasteiger partial charge on any atom is 0.326 e. The fourth-order valence-electron chi connectivity index (χ4n) is 1.92. The van der Waals surface area contributed by atoms with Gasteiger partial charge in [-0.1, -0.05) is 0 Å². The summed E-state index contributed by atoms with van der Waals surface area (Å²) in [6.07, 6.45) is 0.197. The van der Waals surface area contributed by atoms with Gasteiger partial charge in [0, 0.05) is 25.7 Å². The summed E-state index contributed by atoms with van der Waals surface area (Å²) in [6.45, 7) is 1.14. The number of fused-ring (bicyclic) bond motifs is 1. The predicted octanol–water partition coefficient (Wildman–Crippen LogP) is 0.677. The van der Waals surface area contributed by atoms with Crippen LogP contribution in [0.15, 0.2) is 18.2 Å². The summed E-state index contributed by atoms with van der Waals surface area (Å²) >= 11 is 0. The van der Waals surface area contributed by atoms with Crippen LogP contribution in [0, 0.1) is 0 Å². The van der Waals surface area contributed by atoms with Crippen molar-refractivity contribution in [1.29, 1.82) is 0 Å². The minimum Gasteiger partial charge on any atom is -0.486 e. The van der Waals surface area contributed by atoms with Crippen LogP contribution in [0.3, 0.4) is 0 Å². The molecule has 114 valence electrons. The average molecular weight is 295 g/mol. The number of benzene rings is 1. The van der Waals surface area contributed by atoms with Crippen molar-refractivity contribution in [3.8, 4) is 11.5 Å². The quantitative estimate of drug-likeness (QED) is 0.801. The van der Waals surface area contributed by atoms with E-state index in [1.54, 1.807) is 18.2 Å². The van der Waals surface area contributed by atoms with Crippen molar-refractivity contribution in [2.24, 2.45) is 0 Å². The molecule has 1 heterocycles. The average Bonchev–Trinajstić information content (AvgIpc) is 2.50. The van der Waals surface area contributed by atoms with Crippen LogP contribution in [0.4, 0.5) is 0 Å². The Labute approximate surface area is 121 Å². The van der Waals surface area contributed by atoms with Crippen molar-refractivity contribution >= 4 is 11.9 Å². The third-order valence-electron chi connectivity index (χ3n) is 3.02. The van der Waals surface area contributed by atoms with Crippen molar-refractivity contribution in [3.63, 3.8) is 0 Å². The standard InChI is InChI=1S/C14H17NO6/c1-19-5-4-10(14(17)18)15-13(16)9-2-3-11-12(8-9)21-7-6-20-11/h2-3,8,10H,4-7H2,1H3,(H,15,16)(H,17,18)/t10-/m0/s1. The number of hydrogen-bond donors (Lipinski definition) is 2. The maximum absolute atomic E-state index is 12.1. The van der Waals surface area contributed by atoms with Gasteiger partial charge >= 0.3 is 5.97 Å². The van der Waals surface area contributed by atoms with E-state index < -0.39 is 17.9 Å². The van der Waals surface area contributed by atoms with Gasteiger partial charge in [0.15, 0.2) is 11.5 Å². The molecule has 1 aliphatic heterocycles. The maximum atomic E-state index is 12.1. The van der Waals surface area contributed by atoms with Gasteiger partial charge in [0.1, 0.15) is 19.3 Å². The molecule has 1 amide bonds. The Kier molecular flexibility index (Phi) is 4.99. The number of carboxylic acid groups (broad SMARTS) is 1. The van der Waals surface area contributed by atoms with Crippen molar-refractivity contribution in [2.75, 3.05) is 26.9 Å². The van der Waals surface area contributed by atoms with Gasteiger partial charge in [0.05, 0.1) is 0 Å². The van der Waals surface area contributed by atoms with Gasteiger partial charge in [-0.15, -0.1) is 0 Å². The zero-order valence-corrected chi connectivity index (χ0v) is 11.6. The van der Waals surface area contributed by atoms with Gasteiger partial charge in [-0.3, -0.25) is 4.79 Å². The summed E-state index contributed by atoms with van der Waals surface area (Å²) in [5.74, 6) is -0.516. The highest BCUT2D eigenvalue weighted by Crippen LogP contribution is 2.30. The van der Waals surface area contributed by atoms with Crippen LogP contribution in [0.2, 0.25) is 0 Å². The molecule has 2 N–H and O–H groups in total.